The first-order valence-electron chi connectivity index (χ1n) is 5.37. The van der Waals surface area contributed by atoms with Crippen molar-refractivity contribution in [2.75, 3.05) is 6.54 Å². The first-order chi connectivity index (χ1) is 8.29. The molecule has 2 heterocycles. The smallest absolute Gasteiger partial charge is 0.188 e. The van der Waals surface area contributed by atoms with Gasteiger partial charge in [0, 0.05) is 24.6 Å². The summed E-state index contributed by atoms with van der Waals surface area (Å²) in [6.07, 6.45) is 3.53. The maximum absolute atomic E-state index is 5.77. The summed E-state index contributed by atoms with van der Waals surface area (Å²) in [7, 11) is 0. The third-order valence-electron chi connectivity index (χ3n) is 2.25. The highest BCUT2D eigenvalue weighted by molar-refractivity contribution is 7.99. The SMILES string of the molecule is Cc1ccnc(SC(CN)c2ccccn2)n1. The van der Waals surface area contributed by atoms with Crippen LogP contribution >= 0.6 is 11.8 Å². The van der Waals surface area contributed by atoms with Crippen molar-refractivity contribution >= 4 is 11.8 Å². The molecule has 0 fully saturated rings. The van der Waals surface area contributed by atoms with Crippen LogP contribution in [0.4, 0.5) is 0 Å². The van der Waals surface area contributed by atoms with Gasteiger partial charge in [0.2, 0.25) is 0 Å². The number of nitrogens with two attached hydrogens (primary N) is 1. The Bertz CT molecular complexity index is 475. The minimum atomic E-state index is 0.0954. The second kappa shape index (κ2) is 5.75. The molecule has 4 nitrogen and oxygen atoms in total. The molecule has 0 aliphatic rings. The number of nitrogens with zero attached hydrogens (tertiary/aromatic N) is 3. The number of hydrogen-bond acceptors (Lipinski definition) is 5. The number of pyridine rings is 1. The highest BCUT2D eigenvalue weighted by Crippen LogP contribution is 2.30. The molecule has 0 saturated heterocycles. The monoisotopic (exact) mass is 246 g/mol. The van der Waals surface area contributed by atoms with Gasteiger partial charge in [0.1, 0.15) is 0 Å². The van der Waals surface area contributed by atoms with Crippen molar-refractivity contribution in [1.82, 2.24) is 15.0 Å². The molecule has 2 aromatic rings. The van der Waals surface area contributed by atoms with Crippen molar-refractivity contribution in [2.45, 2.75) is 17.3 Å². The molecule has 5 heteroatoms. The molecule has 0 aromatic carbocycles. The number of hydrogen-bond donors (Lipinski definition) is 1. The molecule has 88 valence electrons. The van der Waals surface area contributed by atoms with Crippen molar-refractivity contribution < 1.29 is 0 Å². The van der Waals surface area contributed by atoms with Gasteiger partial charge in [-0.2, -0.15) is 0 Å². The Labute approximate surface area is 105 Å². The lowest BCUT2D eigenvalue weighted by Crippen LogP contribution is -2.11. The Balaban J connectivity index is 2.16. The van der Waals surface area contributed by atoms with Crippen molar-refractivity contribution in [1.29, 1.82) is 0 Å². The maximum atomic E-state index is 5.77. The van der Waals surface area contributed by atoms with E-state index in [4.69, 9.17) is 5.73 Å². The van der Waals surface area contributed by atoms with E-state index < -0.39 is 0 Å². The molecule has 17 heavy (non-hydrogen) atoms. The van der Waals surface area contributed by atoms with Crippen LogP contribution in [0.15, 0.2) is 41.8 Å². The fourth-order valence-corrected chi connectivity index (χ4v) is 2.33. The molecule has 1 unspecified atom stereocenters. The topological polar surface area (TPSA) is 64.7 Å². The average Bonchev–Trinajstić information content (AvgIpc) is 2.37. The predicted octanol–water partition coefficient (Wildman–Crippen LogP) is 1.97. The molecule has 0 bridgehead atoms. The van der Waals surface area contributed by atoms with Crippen LogP contribution in [-0.4, -0.2) is 21.5 Å². The first kappa shape index (κ1) is 12.0. The Hall–Kier alpha value is -1.46. The van der Waals surface area contributed by atoms with Crippen molar-refractivity contribution in [3.8, 4) is 0 Å². The van der Waals surface area contributed by atoms with E-state index in [1.165, 1.54) is 0 Å². The van der Waals surface area contributed by atoms with Crippen LogP contribution in [0.5, 0.6) is 0 Å². The van der Waals surface area contributed by atoms with E-state index in [1.807, 2.05) is 31.2 Å². The van der Waals surface area contributed by atoms with Gasteiger partial charge in [0.05, 0.1) is 10.9 Å². The average molecular weight is 246 g/mol. The summed E-state index contributed by atoms with van der Waals surface area (Å²) in [6, 6.07) is 7.70. The number of aryl methyl sites for hydroxylation is 1. The third kappa shape index (κ3) is 3.25. The zero-order valence-corrected chi connectivity index (χ0v) is 10.4. The largest absolute Gasteiger partial charge is 0.329 e. The quantitative estimate of drug-likeness (QED) is 0.660. The summed E-state index contributed by atoms with van der Waals surface area (Å²) < 4.78 is 0. The Morgan fingerprint density at radius 1 is 1.24 bits per heavy atom. The zero-order valence-electron chi connectivity index (χ0n) is 9.58. The van der Waals surface area contributed by atoms with E-state index in [9.17, 15) is 0 Å². The summed E-state index contributed by atoms with van der Waals surface area (Å²) in [5.41, 5.74) is 7.70. The lowest BCUT2D eigenvalue weighted by molar-refractivity contribution is 0.872. The van der Waals surface area contributed by atoms with Crippen molar-refractivity contribution in [3.63, 3.8) is 0 Å². The van der Waals surface area contributed by atoms with Gasteiger partial charge in [-0.3, -0.25) is 4.98 Å². The summed E-state index contributed by atoms with van der Waals surface area (Å²) in [5, 5.41) is 0.837. The summed E-state index contributed by atoms with van der Waals surface area (Å²) in [4.78, 5) is 12.9. The van der Waals surface area contributed by atoms with E-state index in [-0.39, 0.29) is 5.25 Å². The fourth-order valence-electron chi connectivity index (χ4n) is 1.41. The van der Waals surface area contributed by atoms with Gasteiger partial charge in [-0.05, 0) is 25.1 Å². The van der Waals surface area contributed by atoms with Gasteiger partial charge in [-0.1, -0.05) is 17.8 Å². The molecular weight excluding hydrogens is 232 g/mol. The van der Waals surface area contributed by atoms with Gasteiger partial charge < -0.3 is 5.73 Å². The van der Waals surface area contributed by atoms with Crippen LogP contribution in [-0.2, 0) is 0 Å². The standard InChI is InChI=1S/C12H14N4S/c1-9-5-7-15-12(16-9)17-11(8-13)10-4-2-3-6-14-10/h2-7,11H,8,13H2,1H3. The molecular formula is C12H14N4S. The van der Waals surface area contributed by atoms with Crippen LogP contribution in [0.2, 0.25) is 0 Å². The van der Waals surface area contributed by atoms with Gasteiger partial charge in [-0.25, -0.2) is 9.97 Å². The fraction of sp³-hybridized carbons (Fsp3) is 0.250. The molecule has 0 amide bonds. The lowest BCUT2D eigenvalue weighted by atomic mass is 10.3. The molecule has 0 radical (unpaired) electrons. The predicted molar refractivity (Wildman–Crippen MR) is 68.7 cm³/mol. The molecule has 2 aromatic heterocycles. The molecule has 0 saturated carbocycles. The third-order valence-corrected chi connectivity index (χ3v) is 3.38. The highest BCUT2D eigenvalue weighted by atomic mass is 32.2. The molecule has 2 rings (SSSR count). The number of thioether (sulfide) groups is 1. The van der Waals surface area contributed by atoms with E-state index >= 15 is 0 Å². The van der Waals surface area contributed by atoms with E-state index in [0.717, 1.165) is 16.5 Å². The minimum absolute atomic E-state index is 0.0954. The normalized spacial score (nSPS) is 12.4. The summed E-state index contributed by atoms with van der Waals surface area (Å²) in [5.74, 6) is 0. The zero-order chi connectivity index (χ0) is 12.1. The Morgan fingerprint density at radius 2 is 2.12 bits per heavy atom. The van der Waals surface area contributed by atoms with Gasteiger partial charge >= 0.3 is 0 Å². The number of aromatic nitrogens is 3. The van der Waals surface area contributed by atoms with Gasteiger partial charge in [-0.15, -0.1) is 0 Å². The van der Waals surface area contributed by atoms with Gasteiger partial charge in [0.15, 0.2) is 5.16 Å². The van der Waals surface area contributed by atoms with Crippen molar-refractivity contribution in [3.05, 3.63) is 48.0 Å². The minimum Gasteiger partial charge on any atom is -0.329 e. The van der Waals surface area contributed by atoms with Gasteiger partial charge in [0.25, 0.3) is 0 Å². The first-order valence-corrected chi connectivity index (χ1v) is 6.25. The molecule has 0 aliphatic heterocycles. The van der Waals surface area contributed by atoms with Crippen molar-refractivity contribution in [2.24, 2.45) is 5.73 Å². The number of rotatable bonds is 4. The molecule has 2 N–H and O–H groups in total. The molecule has 0 aliphatic carbocycles. The maximum Gasteiger partial charge on any atom is 0.188 e. The molecule has 1 atom stereocenters. The second-order valence-electron chi connectivity index (χ2n) is 3.58. The van der Waals surface area contributed by atoms with E-state index in [1.54, 1.807) is 24.2 Å². The van der Waals surface area contributed by atoms with Crippen LogP contribution in [0.3, 0.4) is 0 Å². The molecule has 0 spiro atoms. The Kier molecular flexibility index (Phi) is 4.06. The van der Waals surface area contributed by atoms with Crippen LogP contribution in [0, 0.1) is 6.92 Å². The lowest BCUT2D eigenvalue weighted by Gasteiger charge is -2.12. The van der Waals surface area contributed by atoms with E-state index in [0.29, 0.717) is 6.54 Å². The summed E-state index contributed by atoms with van der Waals surface area (Å²) in [6.45, 7) is 2.46. The van der Waals surface area contributed by atoms with E-state index in [2.05, 4.69) is 15.0 Å². The Morgan fingerprint density at radius 3 is 2.76 bits per heavy atom. The van der Waals surface area contributed by atoms with Crippen LogP contribution < -0.4 is 5.73 Å². The highest BCUT2D eigenvalue weighted by Gasteiger charge is 2.13. The summed E-state index contributed by atoms with van der Waals surface area (Å²) >= 11 is 1.55. The van der Waals surface area contributed by atoms with Crippen LogP contribution in [0.1, 0.15) is 16.6 Å². The van der Waals surface area contributed by atoms with Crippen LogP contribution in [0.25, 0.3) is 0 Å². The second-order valence-corrected chi connectivity index (χ2v) is 4.75.